The Morgan fingerprint density at radius 3 is 2.73 bits per heavy atom. The zero-order chi connectivity index (χ0) is 10.9. The molecule has 0 spiro atoms. The fraction of sp³-hybridized carbons (Fsp3) is 0.455. The Balaban J connectivity index is 2.17. The lowest BCUT2D eigenvalue weighted by molar-refractivity contribution is 0.240. The molecule has 2 amide bonds. The van der Waals surface area contributed by atoms with Crippen molar-refractivity contribution in [2.45, 2.75) is 26.3 Å². The van der Waals surface area contributed by atoms with Crippen molar-refractivity contribution < 1.29 is 4.79 Å². The Labute approximate surface area is 90.1 Å². The molecule has 1 heterocycles. The van der Waals surface area contributed by atoms with Crippen LogP contribution in [0.2, 0.25) is 0 Å². The summed E-state index contributed by atoms with van der Waals surface area (Å²) in [5, 5.41) is 5.57. The number of unbranched alkanes of at least 4 members (excludes halogenated alkanes) is 1. The minimum Gasteiger partial charge on any atom is -0.338 e. The largest absolute Gasteiger partial charge is 0.338 e. The van der Waals surface area contributed by atoms with E-state index in [1.807, 2.05) is 12.1 Å². The number of carbonyl (C=O) groups is 1. The Bertz CT molecular complexity index is 287. The molecule has 2 N–H and O–H groups in total. The Hall–Kier alpha value is -1.58. The maximum Gasteiger partial charge on any atom is 0.315 e. The van der Waals surface area contributed by atoms with Gasteiger partial charge in [-0.25, -0.2) is 4.79 Å². The van der Waals surface area contributed by atoms with E-state index >= 15 is 0 Å². The second-order valence-corrected chi connectivity index (χ2v) is 3.32. The van der Waals surface area contributed by atoms with E-state index in [-0.39, 0.29) is 6.03 Å². The van der Waals surface area contributed by atoms with Crippen LogP contribution < -0.4 is 10.6 Å². The molecular formula is C11H17N3O. The van der Waals surface area contributed by atoms with Gasteiger partial charge in [-0.15, -0.1) is 0 Å². The van der Waals surface area contributed by atoms with Crippen LogP contribution in [0.5, 0.6) is 0 Å². The molecule has 0 bridgehead atoms. The van der Waals surface area contributed by atoms with Crippen LogP contribution in [0.1, 0.15) is 25.3 Å². The van der Waals surface area contributed by atoms with Crippen molar-refractivity contribution in [3.8, 4) is 0 Å². The average Bonchev–Trinajstić information content (AvgIpc) is 2.28. The number of amides is 2. The molecule has 0 fully saturated rings. The van der Waals surface area contributed by atoms with E-state index in [0.717, 1.165) is 24.9 Å². The summed E-state index contributed by atoms with van der Waals surface area (Å²) in [6.07, 6.45) is 5.53. The first-order valence-electron chi connectivity index (χ1n) is 5.23. The molecule has 1 aromatic rings. The van der Waals surface area contributed by atoms with Gasteiger partial charge >= 0.3 is 6.03 Å². The molecule has 1 aromatic heterocycles. The normalized spacial score (nSPS) is 9.67. The number of nitrogens with zero attached hydrogens (tertiary/aromatic N) is 1. The van der Waals surface area contributed by atoms with Gasteiger partial charge in [-0.2, -0.15) is 0 Å². The van der Waals surface area contributed by atoms with Gasteiger partial charge in [0.15, 0.2) is 0 Å². The summed E-state index contributed by atoms with van der Waals surface area (Å²) in [4.78, 5) is 15.2. The van der Waals surface area contributed by atoms with Crippen molar-refractivity contribution in [3.63, 3.8) is 0 Å². The minimum atomic E-state index is -0.111. The summed E-state index contributed by atoms with van der Waals surface area (Å²) in [6.45, 7) is 3.37. The van der Waals surface area contributed by atoms with E-state index in [4.69, 9.17) is 0 Å². The van der Waals surface area contributed by atoms with Crippen molar-refractivity contribution in [1.29, 1.82) is 0 Å². The highest BCUT2D eigenvalue weighted by Gasteiger charge is 1.98. The third-order valence-corrected chi connectivity index (χ3v) is 2.02. The molecule has 0 aromatic carbocycles. The Kier molecular flexibility index (Phi) is 5.22. The Morgan fingerprint density at radius 1 is 1.33 bits per heavy atom. The number of hydrogen-bond donors (Lipinski definition) is 2. The van der Waals surface area contributed by atoms with E-state index in [0.29, 0.717) is 6.54 Å². The number of pyridine rings is 1. The van der Waals surface area contributed by atoms with Gasteiger partial charge in [-0.3, -0.25) is 4.98 Å². The third-order valence-electron chi connectivity index (χ3n) is 2.02. The average molecular weight is 207 g/mol. The molecule has 4 nitrogen and oxygen atoms in total. The summed E-state index contributed by atoms with van der Waals surface area (Å²) >= 11 is 0. The third kappa shape index (κ3) is 5.00. The Morgan fingerprint density at radius 2 is 2.07 bits per heavy atom. The zero-order valence-electron chi connectivity index (χ0n) is 8.99. The molecule has 0 radical (unpaired) electrons. The quantitative estimate of drug-likeness (QED) is 0.722. The second kappa shape index (κ2) is 6.81. The lowest BCUT2D eigenvalue weighted by Crippen LogP contribution is -2.35. The standard InChI is InChI=1S/C11H17N3O/c1-2-3-6-13-11(15)14-9-10-4-7-12-8-5-10/h4-5,7-8H,2-3,6,9H2,1H3,(H2,13,14,15). The lowest BCUT2D eigenvalue weighted by Gasteiger charge is -2.06. The summed E-state index contributed by atoms with van der Waals surface area (Å²) in [6, 6.07) is 3.65. The molecule has 4 heteroatoms. The molecular weight excluding hydrogens is 190 g/mol. The van der Waals surface area contributed by atoms with Crippen LogP contribution >= 0.6 is 0 Å². The number of urea groups is 1. The first kappa shape index (κ1) is 11.5. The van der Waals surface area contributed by atoms with Gasteiger partial charge < -0.3 is 10.6 Å². The highest BCUT2D eigenvalue weighted by molar-refractivity contribution is 5.73. The highest BCUT2D eigenvalue weighted by atomic mass is 16.2. The van der Waals surface area contributed by atoms with Gasteiger partial charge in [-0.05, 0) is 24.1 Å². The van der Waals surface area contributed by atoms with E-state index < -0.39 is 0 Å². The molecule has 15 heavy (non-hydrogen) atoms. The van der Waals surface area contributed by atoms with E-state index in [2.05, 4.69) is 22.5 Å². The summed E-state index contributed by atoms with van der Waals surface area (Å²) in [5.41, 5.74) is 1.05. The van der Waals surface area contributed by atoms with Crippen LogP contribution in [0.15, 0.2) is 24.5 Å². The second-order valence-electron chi connectivity index (χ2n) is 3.32. The monoisotopic (exact) mass is 207 g/mol. The topological polar surface area (TPSA) is 54.0 Å². The molecule has 0 aliphatic carbocycles. The van der Waals surface area contributed by atoms with Crippen molar-refractivity contribution in [2.75, 3.05) is 6.54 Å². The van der Waals surface area contributed by atoms with E-state index in [9.17, 15) is 4.79 Å². The molecule has 1 rings (SSSR count). The van der Waals surface area contributed by atoms with Crippen molar-refractivity contribution >= 4 is 6.03 Å². The molecule has 0 saturated carbocycles. The number of hydrogen-bond acceptors (Lipinski definition) is 2. The van der Waals surface area contributed by atoms with E-state index in [1.165, 1.54) is 0 Å². The van der Waals surface area contributed by atoms with Crippen LogP contribution in [0.25, 0.3) is 0 Å². The predicted molar refractivity (Wildman–Crippen MR) is 59.4 cm³/mol. The van der Waals surface area contributed by atoms with Crippen molar-refractivity contribution in [3.05, 3.63) is 30.1 Å². The summed E-state index contributed by atoms with van der Waals surface area (Å²) in [5.74, 6) is 0. The number of aromatic nitrogens is 1. The molecule has 82 valence electrons. The number of rotatable bonds is 5. The molecule has 0 aliphatic heterocycles. The minimum absolute atomic E-state index is 0.111. The fourth-order valence-electron chi connectivity index (χ4n) is 1.12. The number of nitrogens with one attached hydrogen (secondary N) is 2. The highest BCUT2D eigenvalue weighted by Crippen LogP contribution is 1.94. The summed E-state index contributed by atoms with van der Waals surface area (Å²) < 4.78 is 0. The summed E-state index contributed by atoms with van der Waals surface area (Å²) in [7, 11) is 0. The lowest BCUT2D eigenvalue weighted by atomic mass is 10.3. The van der Waals surface area contributed by atoms with Crippen LogP contribution in [0, 0.1) is 0 Å². The van der Waals surface area contributed by atoms with Crippen LogP contribution in [-0.2, 0) is 6.54 Å². The van der Waals surface area contributed by atoms with Crippen LogP contribution in [0.4, 0.5) is 4.79 Å². The molecule has 0 atom stereocenters. The van der Waals surface area contributed by atoms with Gasteiger partial charge in [0.05, 0.1) is 0 Å². The smallest absolute Gasteiger partial charge is 0.315 e. The van der Waals surface area contributed by atoms with Crippen LogP contribution in [0.3, 0.4) is 0 Å². The SMILES string of the molecule is CCCCNC(=O)NCc1ccncc1. The maximum absolute atomic E-state index is 11.3. The fourth-order valence-corrected chi connectivity index (χ4v) is 1.12. The molecule has 0 saturated heterocycles. The molecule has 0 unspecified atom stereocenters. The van der Waals surface area contributed by atoms with Crippen molar-refractivity contribution in [1.82, 2.24) is 15.6 Å². The first-order valence-corrected chi connectivity index (χ1v) is 5.23. The van der Waals surface area contributed by atoms with Gasteiger partial charge in [-0.1, -0.05) is 13.3 Å². The molecule has 0 aliphatic rings. The number of carbonyl (C=O) groups excluding carboxylic acids is 1. The van der Waals surface area contributed by atoms with Gasteiger partial charge in [0.1, 0.15) is 0 Å². The van der Waals surface area contributed by atoms with Gasteiger partial charge in [0, 0.05) is 25.5 Å². The predicted octanol–water partition coefficient (Wildman–Crippen LogP) is 1.68. The van der Waals surface area contributed by atoms with Gasteiger partial charge in [0.25, 0.3) is 0 Å². The van der Waals surface area contributed by atoms with Gasteiger partial charge in [0.2, 0.25) is 0 Å². The maximum atomic E-state index is 11.3. The van der Waals surface area contributed by atoms with Crippen molar-refractivity contribution in [2.24, 2.45) is 0 Å². The van der Waals surface area contributed by atoms with E-state index in [1.54, 1.807) is 12.4 Å². The first-order chi connectivity index (χ1) is 7.33. The van der Waals surface area contributed by atoms with Crippen LogP contribution in [-0.4, -0.2) is 17.6 Å². The zero-order valence-corrected chi connectivity index (χ0v) is 8.99.